The summed E-state index contributed by atoms with van der Waals surface area (Å²) in [5.74, 6) is -1.07. The lowest BCUT2D eigenvalue weighted by atomic mass is 9.73. The number of nitrogens with zero attached hydrogens (tertiary/aromatic N) is 2. The Kier molecular flexibility index (Phi) is 4.16. The van der Waals surface area contributed by atoms with Gasteiger partial charge >= 0.3 is 12.0 Å². The molecular formula is C14H19N3O4. The standard InChI is InChI=1S/C14H19N3O4/c1-9-5-3-4-6-14(9)12(19)17(13(20)16-14)8-11(18)21-10(2)7-15/h9-10H,3-6,8H2,1-2H3,(H,16,20)/t9-,10+,14+/m1/s1. The predicted molar refractivity (Wildman–Crippen MR) is 71.8 cm³/mol. The fourth-order valence-electron chi connectivity index (χ4n) is 3.03. The molecular weight excluding hydrogens is 274 g/mol. The highest BCUT2D eigenvalue weighted by molar-refractivity contribution is 6.08. The lowest BCUT2D eigenvalue weighted by Gasteiger charge is -2.36. The van der Waals surface area contributed by atoms with Crippen LogP contribution in [0.25, 0.3) is 0 Å². The first-order chi connectivity index (χ1) is 9.90. The summed E-state index contributed by atoms with van der Waals surface area (Å²) in [4.78, 5) is 37.1. The number of hydrogen-bond acceptors (Lipinski definition) is 5. The lowest BCUT2D eigenvalue weighted by Crippen LogP contribution is -2.54. The van der Waals surface area contributed by atoms with E-state index in [2.05, 4.69) is 5.32 Å². The van der Waals surface area contributed by atoms with E-state index >= 15 is 0 Å². The van der Waals surface area contributed by atoms with Crippen LogP contribution in [0, 0.1) is 17.2 Å². The number of carbonyl (C=O) groups excluding carboxylic acids is 3. The van der Waals surface area contributed by atoms with Crippen molar-refractivity contribution in [1.82, 2.24) is 10.2 Å². The largest absolute Gasteiger partial charge is 0.446 e. The molecule has 7 nitrogen and oxygen atoms in total. The summed E-state index contributed by atoms with van der Waals surface area (Å²) in [7, 11) is 0. The van der Waals surface area contributed by atoms with Crippen molar-refractivity contribution in [3.05, 3.63) is 0 Å². The van der Waals surface area contributed by atoms with Gasteiger partial charge < -0.3 is 10.1 Å². The van der Waals surface area contributed by atoms with Gasteiger partial charge in [0.2, 0.25) is 0 Å². The third-order valence-electron chi connectivity index (χ3n) is 4.28. The number of nitrogens with one attached hydrogen (secondary N) is 1. The molecule has 7 heteroatoms. The molecule has 1 heterocycles. The average molecular weight is 293 g/mol. The topological polar surface area (TPSA) is 99.5 Å². The third kappa shape index (κ3) is 2.71. The zero-order valence-electron chi connectivity index (χ0n) is 12.2. The predicted octanol–water partition coefficient (Wildman–Crippen LogP) is 0.942. The van der Waals surface area contributed by atoms with Gasteiger partial charge in [0.25, 0.3) is 5.91 Å². The summed E-state index contributed by atoms with van der Waals surface area (Å²) in [6.45, 7) is 2.91. The monoisotopic (exact) mass is 293 g/mol. The number of imide groups is 1. The minimum Gasteiger partial charge on any atom is -0.446 e. The van der Waals surface area contributed by atoms with Gasteiger partial charge in [0.1, 0.15) is 18.2 Å². The van der Waals surface area contributed by atoms with E-state index in [1.165, 1.54) is 6.92 Å². The van der Waals surface area contributed by atoms with Gasteiger partial charge in [-0.15, -0.1) is 0 Å². The Hall–Kier alpha value is -2.10. The lowest BCUT2D eigenvalue weighted by molar-refractivity contribution is -0.150. The molecule has 1 spiro atoms. The Morgan fingerprint density at radius 1 is 1.57 bits per heavy atom. The summed E-state index contributed by atoms with van der Waals surface area (Å²) in [6, 6.07) is 1.20. The second-order valence-electron chi connectivity index (χ2n) is 5.70. The highest BCUT2D eigenvalue weighted by Gasteiger charge is 2.55. The molecule has 1 N–H and O–H groups in total. The number of carbonyl (C=O) groups is 3. The molecule has 21 heavy (non-hydrogen) atoms. The maximum absolute atomic E-state index is 12.6. The van der Waals surface area contributed by atoms with Crippen LogP contribution in [0.5, 0.6) is 0 Å². The van der Waals surface area contributed by atoms with Gasteiger partial charge in [-0.3, -0.25) is 14.5 Å². The zero-order valence-corrected chi connectivity index (χ0v) is 12.2. The molecule has 0 unspecified atom stereocenters. The van der Waals surface area contributed by atoms with Crippen molar-refractivity contribution in [1.29, 1.82) is 5.26 Å². The van der Waals surface area contributed by atoms with E-state index in [0.717, 1.165) is 24.2 Å². The Morgan fingerprint density at radius 2 is 2.29 bits per heavy atom. The van der Waals surface area contributed by atoms with Crippen molar-refractivity contribution in [2.45, 2.75) is 51.2 Å². The summed E-state index contributed by atoms with van der Waals surface area (Å²) in [6.07, 6.45) is 2.48. The van der Waals surface area contributed by atoms with Crippen LogP contribution in [-0.2, 0) is 14.3 Å². The van der Waals surface area contributed by atoms with Gasteiger partial charge in [0.15, 0.2) is 6.10 Å². The molecule has 114 valence electrons. The van der Waals surface area contributed by atoms with Gasteiger partial charge in [0, 0.05) is 0 Å². The number of rotatable bonds is 3. The number of amides is 3. The second-order valence-corrected chi connectivity index (χ2v) is 5.70. The van der Waals surface area contributed by atoms with Crippen molar-refractivity contribution in [3.8, 4) is 6.07 Å². The van der Waals surface area contributed by atoms with Crippen molar-refractivity contribution < 1.29 is 19.1 Å². The van der Waals surface area contributed by atoms with E-state index in [0.29, 0.717) is 6.42 Å². The molecule has 1 saturated carbocycles. The van der Waals surface area contributed by atoms with Crippen LogP contribution in [0.3, 0.4) is 0 Å². The van der Waals surface area contributed by atoms with E-state index < -0.39 is 30.2 Å². The second kappa shape index (κ2) is 5.72. The number of esters is 1. The molecule has 1 aliphatic heterocycles. The summed E-state index contributed by atoms with van der Waals surface area (Å²) < 4.78 is 4.79. The maximum Gasteiger partial charge on any atom is 0.327 e. The summed E-state index contributed by atoms with van der Waals surface area (Å²) >= 11 is 0. The van der Waals surface area contributed by atoms with Gasteiger partial charge in [-0.2, -0.15) is 5.26 Å². The van der Waals surface area contributed by atoms with Crippen LogP contribution in [0.2, 0.25) is 0 Å². The molecule has 0 bridgehead atoms. The van der Waals surface area contributed by atoms with Crippen molar-refractivity contribution in [2.24, 2.45) is 5.92 Å². The normalized spacial score (nSPS) is 30.0. The van der Waals surface area contributed by atoms with Crippen LogP contribution >= 0.6 is 0 Å². The maximum atomic E-state index is 12.6. The van der Waals surface area contributed by atoms with Gasteiger partial charge in [-0.05, 0) is 25.7 Å². The Bertz CT molecular complexity index is 513. The number of urea groups is 1. The van der Waals surface area contributed by atoms with Gasteiger partial charge in [-0.1, -0.05) is 19.8 Å². The van der Waals surface area contributed by atoms with Crippen LogP contribution in [0.4, 0.5) is 4.79 Å². The molecule has 0 aromatic rings. The van der Waals surface area contributed by atoms with Gasteiger partial charge in [0.05, 0.1) is 0 Å². The smallest absolute Gasteiger partial charge is 0.327 e. The fraction of sp³-hybridized carbons (Fsp3) is 0.714. The molecule has 0 aromatic heterocycles. The first-order valence-corrected chi connectivity index (χ1v) is 7.14. The summed E-state index contributed by atoms with van der Waals surface area (Å²) in [5.41, 5.74) is -0.879. The minimum absolute atomic E-state index is 0.0433. The van der Waals surface area contributed by atoms with E-state index in [9.17, 15) is 14.4 Å². The first kappa shape index (κ1) is 15.3. The minimum atomic E-state index is -0.902. The van der Waals surface area contributed by atoms with Crippen molar-refractivity contribution in [2.75, 3.05) is 6.54 Å². The van der Waals surface area contributed by atoms with E-state index in [-0.39, 0.29) is 11.8 Å². The molecule has 3 amide bonds. The van der Waals surface area contributed by atoms with E-state index in [1.54, 1.807) is 6.07 Å². The Morgan fingerprint density at radius 3 is 2.90 bits per heavy atom. The van der Waals surface area contributed by atoms with Crippen molar-refractivity contribution >= 4 is 17.9 Å². The van der Waals surface area contributed by atoms with Crippen LogP contribution < -0.4 is 5.32 Å². The molecule has 2 fully saturated rings. The van der Waals surface area contributed by atoms with Crippen LogP contribution in [0.15, 0.2) is 0 Å². The zero-order chi connectivity index (χ0) is 15.6. The van der Waals surface area contributed by atoms with Crippen LogP contribution in [-0.4, -0.2) is 41.0 Å². The number of hydrogen-bond donors (Lipinski definition) is 1. The van der Waals surface area contributed by atoms with E-state index in [4.69, 9.17) is 10.00 Å². The molecule has 1 aliphatic carbocycles. The number of nitriles is 1. The van der Waals surface area contributed by atoms with Crippen molar-refractivity contribution in [3.63, 3.8) is 0 Å². The molecule has 0 aromatic carbocycles. The molecule has 1 saturated heterocycles. The highest BCUT2D eigenvalue weighted by atomic mass is 16.5. The van der Waals surface area contributed by atoms with E-state index in [1.807, 2.05) is 6.92 Å². The highest BCUT2D eigenvalue weighted by Crippen LogP contribution is 2.38. The molecule has 2 aliphatic rings. The molecule has 2 rings (SSSR count). The average Bonchev–Trinajstić information content (AvgIpc) is 2.67. The number of ether oxygens (including phenoxy) is 1. The van der Waals surface area contributed by atoms with Crippen LogP contribution in [0.1, 0.15) is 39.5 Å². The Balaban J connectivity index is 2.09. The quantitative estimate of drug-likeness (QED) is 0.616. The Labute approximate surface area is 123 Å². The molecule has 3 atom stereocenters. The first-order valence-electron chi connectivity index (χ1n) is 7.14. The van der Waals surface area contributed by atoms with Gasteiger partial charge in [-0.25, -0.2) is 4.79 Å². The summed E-state index contributed by atoms with van der Waals surface area (Å²) in [5, 5.41) is 11.4. The molecule has 0 radical (unpaired) electrons. The SMILES string of the molecule is C[C@@H]1CCCC[C@]12NC(=O)N(CC(=O)O[C@@H](C)C#N)C2=O. The third-order valence-corrected chi connectivity index (χ3v) is 4.28. The fourth-order valence-corrected chi connectivity index (χ4v) is 3.03.